The third kappa shape index (κ3) is 1.99. The summed E-state index contributed by atoms with van der Waals surface area (Å²) in [6, 6.07) is 5.83. The number of aromatic nitrogens is 2. The zero-order valence-corrected chi connectivity index (χ0v) is 10.1. The number of carbonyl (C=O) groups is 1. The molecule has 0 saturated carbocycles. The second-order valence-corrected chi connectivity index (χ2v) is 4.60. The van der Waals surface area contributed by atoms with Gasteiger partial charge in [-0.3, -0.25) is 9.89 Å². The predicted molar refractivity (Wildman–Crippen MR) is 64.6 cm³/mol. The maximum Gasteiger partial charge on any atom is 0.313 e. The molecule has 0 aliphatic rings. The number of hydrogen-bond donors (Lipinski definition) is 2. The van der Waals surface area contributed by atoms with Crippen LogP contribution in [0.5, 0.6) is 0 Å². The Kier molecular flexibility index (Phi) is 2.90. The van der Waals surface area contributed by atoms with E-state index in [1.807, 2.05) is 0 Å². The summed E-state index contributed by atoms with van der Waals surface area (Å²) in [4.78, 5) is 11.3. The molecule has 0 unspecified atom stereocenters. The molecule has 0 fully saturated rings. The van der Waals surface area contributed by atoms with Crippen molar-refractivity contribution in [1.29, 1.82) is 0 Å². The number of carboxylic acids is 1. The molecule has 0 saturated heterocycles. The first-order valence-corrected chi connectivity index (χ1v) is 5.46. The van der Waals surface area contributed by atoms with Gasteiger partial charge in [0, 0.05) is 11.1 Å². The number of benzene rings is 1. The number of hydrogen-bond acceptors (Lipinski definition) is 2. The number of halogens is 1. The minimum Gasteiger partial charge on any atom is -0.481 e. The summed E-state index contributed by atoms with van der Waals surface area (Å²) in [5, 5.41) is 15.9. The van der Waals surface area contributed by atoms with E-state index in [1.54, 1.807) is 26.0 Å². The van der Waals surface area contributed by atoms with Crippen LogP contribution in [0.3, 0.4) is 0 Å². The lowest BCUT2D eigenvalue weighted by Gasteiger charge is -2.19. The van der Waals surface area contributed by atoms with Gasteiger partial charge in [-0.2, -0.15) is 5.10 Å². The Balaban J connectivity index is 2.52. The lowest BCUT2D eigenvalue weighted by atomic mass is 9.84. The van der Waals surface area contributed by atoms with Gasteiger partial charge in [0.25, 0.3) is 0 Å². The molecule has 0 aliphatic carbocycles. The van der Waals surface area contributed by atoms with E-state index in [9.17, 15) is 14.3 Å². The highest BCUT2D eigenvalue weighted by atomic mass is 19.1. The van der Waals surface area contributed by atoms with Crippen molar-refractivity contribution in [3.8, 4) is 11.3 Å². The monoisotopic (exact) mass is 248 g/mol. The predicted octanol–water partition coefficient (Wildman–Crippen LogP) is 2.58. The summed E-state index contributed by atoms with van der Waals surface area (Å²) >= 11 is 0. The van der Waals surface area contributed by atoms with Crippen LogP contribution in [0.2, 0.25) is 0 Å². The lowest BCUT2D eigenvalue weighted by molar-refractivity contribution is -0.142. The summed E-state index contributed by atoms with van der Waals surface area (Å²) in [6.45, 7) is 3.21. The molecule has 0 bridgehead atoms. The smallest absolute Gasteiger partial charge is 0.313 e. The van der Waals surface area contributed by atoms with Crippen molar-refractivity contribution < 1.29 is 14.3 Å². The van der Waals surface area contributed by atoms with Crippen LogP contribution in [0.25, 0.3) is 11.3 Å². The van der Waals surface area contributed by atoms with E-state index in [0.717, 1.165) is 0 Å². The van der Waals surface area contributed by atoms with Crippen molar-refractivity contribution in [3.63, 3.8) is 0 Å². The molecule has 2 aromatic rings. The third-order valence-electron chi connectivity index (χ3n) is 2.98. The summed E-state index contributed by atoms with van der Waals surface area (Å²) in [5.74, 6) is -1.27. The fraction of sp³-hybridized carbons (Fsp3) is 0.231. The average Bonchev–Trinajstić information content (AvgIpc) is 2.79. The summed E-state index contributed by atoms with van der Waals surface area (Å²) in [6.07, 6.45) is 1.49. The molecule has 94 valence electrons. The van der Waals surface area contributed by atoms with Gasteiger partial charge in [0.1, 0.15) is 5.82 Å². The molecule has 0 amide bonds. The SMILES string of the molecule is CC(C)(C(=O)O)c1cn[nH]c1-c1ccc(F)cc1. The molecule has 2 N–H and O–H groups in total. The second-order valence-electron chi connectivity index (χ2n) is 4.60. The highest BCUT2D eigenvalue weighted by molar-refractivity contribution is 5.83. The van der Waals surface area contributed by atoms with E-state index in [1.165, 1.54) is 18.3 Å². The third-order valence-corrected chi connectivity index (χ3v) is 2.98. The highest BCUT2D eigenvalue weighted by Crippen LogP contribution is 2.31. The van der Waals surface area contributed by atoms with Crippen LogP contribution < -0.4 is 0 Å². The number of rotatable bonds is 3. The fourth-order valence-electron chi connectivity index (χ4n) is 1.71. The highest BCUT2D eigenvalue weighted by Gasteiger charge is 2.33. The van der Waals surface area contributed by atoms with Crippen molar-refractivity contribution in [2.24, 2.45) is 0 Å². The average molecular weight is 248 g/mol. The number of nitrogens with zero attached hydrogens (tertiary/aromatic N) is 1. The zero-order valence-electron chi connectivity index (χ0n) is 10.1. The van der Waals surface area contributed by atoms with E-state index in [2.05, 4.69) is 10.2 Å². The molecule has 4 nitrogen and oxygen atoms in total. The first kappa shape index (κ1) is 12.3. The van der Waals surface area contributed by atoms with E-state index < -0.39 is 11.4 Å². The van der Waals surface area contributed by atoms with E-state index >= 15 is 0 Å². The Morgan fingerprint density at radius 1 is 1.33 bits per heavy atom. The lowest BCUT2D eigenvalue weighted by Crippen LogP contribution is -2.28. The molecule has 1 heterocycles. The topological polar surface area (TPSA) is 66.0 Å². The molecule has 2 rings (SSSR count). The van der Waals surface area contributed by atoms with E-state index in [-0.39, 0.29) is 5.82 Å². The van der Waals surface area contributed by atoms with E-state index in [0.29, 0.717) is 16.8 Å². The molecule has 0 radical (unpaired) electrons. The quantitative estimate of drug-likeness (QED) is 0.877. The molecule has 0 atom stereocenters. The van der Waals surface area contributed by atoms with Gasteiger partial charge in [-0.15, -0.1) is 0 Å². The van der Waals surface area contributed by atoms with Crippen LogP contribution in [0.1, 0.15) is 19.4 Å². The first-order chi connectivity index (χ1) is 8.43. The van der Waals surface area contributed by atoms with Crippen LogP contribution >= 0.6 is 0 Å². The Hall–Kier alpha value is -2.17. The molecule has 1 aromatic heterocycles. The summed E-state index contributed by atoms with van der Waals surface area (Å²) < 4.78 is 12.9. The molecular weight excluding hydrogens is 235 g/mol. The first-order valence-electron chi connectivity index (χ1n) is 5.46. The summed E-state index contributed by atoms with van der Waals surface area (Å²) in [7, 11) is 0. The second kappa shape index (κ2) is 4.25. The maximum absolute atomic E-state index is 12.9. The standard InChI is InChI=1S/C13H13FN2O2/c1-13(2,12(17)18)10-7-15-16-11(10)8-3-5-9(14)6-4-8/h3-7H,1-2H3,(H,15,16)(H,17,18). The molecule has 0 aliphatic heterocycles. The fourth-order valence-corrected chi connectivity index (χ4v) is 1.71. The largest absolute Gasteiger partial charge is 0.481 e. The zero-order chi connectivity index (χ0) is 13.3. The Labute approximate surface area is 103 Å². The minimum absolute atomic E-state index is 0.336. The van der Waals surface area contributed by atoms with Gasteiger partial charge in [0.2, 0.25) is 0 Å². The number of aromatic amines is 1. The van der Waals surface area contributed by atoms with Gasteiger partial charge in [-0.25, -0.2) is 4.39 Å². The van der Waals surface area contributed by atoms with Crippen LogP contribution in [0.4, 0.5) is 4.39 Å². The van der Waals surface area contributed by atoms with Crippen LogP contribution in [-0.2, 0) is 10.2 Å². The molecular formula is C13H13FN2O2. The molecule has 5 heteroatoms. The van der Waals surface area contributed by atoms with Gasteiger partial charge >= 0.3 is 5.97 Å². The van der Waals surface area contributed by atoms with Gasteiger partial charge < -0.3 is 5.11 Å². The maximum atomic E-state index is 12.9. The summed E-state index contributed by atoms with van der Waals surface area (Å²) in [5.41, 5.74) is 0.818. The van der Waals surface area contributed by atoms with Crippen molar-refractivity contribution in [2.75, 3.05) is 0 Å². The van der Waals surface area contributed by atoms with Gasteiger partial charge in [0.15, 0.2) is 0 Å². The van der Waals surface area contributed by atoms with Crippen molar-refractivity contribution in [2.45, 2.75) is 19.3 Å². The number of nitrogens with one attached hydrogen (secondary N) is 1. The van der Waals surface area contributed by atoms with E-state index in [4.69, 9.17) is 0 Å². The number of H-pyrrole nitrogens is 1. The Bertz CT molecular complexity index is 573. The van der Waals surface area contributed by atoms with Crippen molar-refractivity contribution in [3.05, 3.63) is 41.8 Å². The van der Waals surface area contributed by atoms with Crippen LogP contribution in [0, 0.1) is 5.82 Å². The van der Waals surface area contributed by atoms with Gasteiger partial charge in [-0.1, -0.05) is 0 Å². The Morgan fingerprint density at radius 3 is 2.50 bits per heavy atom. The van der Waals surface area contributed by atoms with Crippen molar-refractivity contribution in [1.82, 2.24) is 10.2 Å². The number of carboxylic acid groups (broad SMARTS) is 1. The van der Waals surface area contributed by atoms with Crippen molar-refractivity contribution >= 4 is 5.97 Å². The van der Waals surface area contributed by atoms with Gasteiger partial charge in [-0.05, 0) is 38.1 Å². The van der Waals surface area contributed by atoms with Crippen LogP contribution in [0.15, 0.2) is 30.5 Å². The normalized spacial score (nSPS) is 11.5. The molecule has 18 heavy (non-hydrogen) atoms. The molecule has 1 aromatic carbocycles. The minimum atomic E-state index is -1.06. The number of aliphatic carboxylic acids is 1. The Morgan fingerprint density at radius 2 is 1.94 bits per heavy atom. The molecule has 0 spiro atoms. The van der Waals surface area contributed by atoms with Gasteiger partial charge in [0.05, 0.1) is 17.3 Å². The van der Waals surface area contributed by atoms with Crippen LogP contribution in [-0.4, -0.2) is 21.3 Å².